The summed E-state index contributed by atoms with van der Waals surface area (Å²) in [4.78, 5) is 32.9. The summed E-state index contributed by atoms with van der Waals surface area (Å²) in [5.41, 5.74) is 5.81. The number of rotatable bonds is 7. The summed E-state index contributed by atoms with van der Waals surface area (Å²) in [6, 6.07) is 17.8. The summed E-state index contributed by atoms with van der Waals surface area (Å²) in [7, 11) is 0. The average Bonchev–Trinajstić information content (AvgIpc) is 3.27. The lowest BCUT2D eigenvalue weighted by Gasteiger charge is -2.18. The fourth-order valence-corrected chi connectivity index (χ4v) is 6.31. The van der Waals surface area contributed by atoms with Gasteiger partial charge < -0.3 is 10.1 Å². The van der Waals surface area contributed by atoms with Gasteiger partial charge in [0.15, 0.2) is 0 Å². The van der Waals surface area contributed by atoms with Crippen LogP contribution in [0.3, 0.4) is 0 Å². The number of thiophene rings is 1. The van der Waals surface area contributed by atoms with Crippen molar-refractivity contribution in [2.24, 2.45) is 5.92 Å². The van der Waals surface area contributed by atoms with E-state index in [0.29, 0.717) is 28.7 Å². The Hall–Kier alpha value is -3.51. The zero-order chi connectivity index (χ0) is 25.9. The number of benzene rings is 2. The van der Waals surface area contributed by atoms with E-state index in [0.717, 1.165) is 59.8 Å². The molecule has 1 N–H and O–H groups in total. The van der Waals surface area contributed by atoms with E-state index >= 15 is 0 Å². The molecule has 5 rings (SSSR count). The molecular formula is C31H32N2O3S. The molecule has 1 amide bonds. The number of aromatic nitrogens is 1. The fourth-order valence-electron chi connectivity index (χ4n) is 4.91. The van der Waals surface area contributed by atoms with E-state index in [1.54, 1.807) is 0 Å². The zero-order valence-corrected chi connectivity index (χ0v) is 22.4. The molecular weight excluding hydrogens is 480 g/mol. The summed E-state index contributed by atoms with van der Waals surface area (Å²) in [6.07, 6.45) is 4.49. The molecule has 0 fully saturated rings. The monoisotopic (exact) mass is 512 g/mol. The number of aryl methyl sites for hydroxylation is 1. The highest BCUT2D eigenvalue weighted by Crippen LogP contribution is 2.40. The molecule has 1 aliphatic rings. The topological polar surface area (TPSA) is 68.3 Å². The van der Waals surface area contributed by atoms with Gasteiger partial charge in [-0.2, -0.15) is 0 Å². The van der Waals surface area contributed by atoms with Gasteiger partial charge in [-0.25, -0.2) is 9.78 Å². The van der Waals surface area contributed by atoms with Gasteiger partial charge >= 0.3 is 5.97 Å². The highest BCUT2D eigenvalue weighted by Gasteiger charge is 2.29. The van der Waals surface area contributed by atoms with Crippen LogP contribution >= 0.6 is 11.3 Å². The van der Waals surface area contributed by atoms with E-state index in [2.05, 4.69) is 31.3 Å². The maximum absolute atomic E-state index is 13.8. The summed E-state index contributed by atoms with van der Waals surface area (Å²) >= 11 is 1.51. The van der Waals surface area contributed by atoms with Crippen LogP contribution in [0.25, 0.3) is 22.2 Å². The predicted octanol–water partition coefficient (Wildman–Crippen LogP) is 7.47. The van der Waals surface area contributed by atoms with Crippen molar-refractivity contribution in [3.63, 3.8) is 0 Å². The highest BCUT2D eigenvalue weighted by atomic mass is 32.1. The van der Waals surface area contributed by atoms with Crippen molar-refractivity contribution in [1.29, 1.82) is 0 Å². The van der Waals surface area contributed by atoms with Crippen molar-refractivity contribution in [3.8, 4) is 11.3 Å². The third kappa shape index (κ3) is 5.16. The van der Waals surface area contributed by atoms with E-state index in [1.807, 2.05) is 49.4 Å². The number of nitrogens with one attached hydrogen (secondary N) is 1. The van der Waals surface area contributed by atoms with E-state index in [1.165, 1.54) is 21.8 Å². The first kappa shape index (κ1) is 25.2. The lowest BCUT2D eigenvalue weighted by molar-refractivity contribution is 0.0505. The third-order valence-corrected chi connectivity index (χ3v) is 8.17. The molecule has 6 heteroatoms. The van der Waals surface area contributed by atoms with Gasteiger partial charge in [-0.1, -0.05) is 63.2 Å². The predicted molar refractivity (Wildman–Crippen MR) is 151 cm³/mol. The van der Waals surface area contributed by atoms with Crippen molar-refractivity contribution >= 4 is 39.1 Å². The Balaban J connectivity index is 1.55. The Labute approximate surface area is 221 Å². The zero-order valence-electron chi connectivity index (χ0n) is 21.6. The molecule has 190 valence electrons. The van der Waals surface area contributed by atoms with Gasteiger partial charge in [-0.15, -0.1) is 11.3 Å². The number of amides is 1. The van der Waals surface area contributed by atoms with Gasteiger partial charge in [-0.3, -0.25) is 4.79 Å². The van der Waals surface area contributed by atoms with Gasteiger partial charge in [-0.05, 0) is 61.3 Å². The van der Waals surface area contributed by atoms with E-state index < -0.39 is 0 Å². The van der Waals surface area contributed by atoms with Crippen molar-refractivity contribution in [2.75, 3.05) is 11.9 Å². The van der Waals surface area contributed by atoms with Gasteiger partial charge in [0.1, 0.15) is 5.00 Å². The molecule has 0 radical (unpaired) electrons. The second-order valence-electron chi connectivity index (χ2n) is 9.77. The second kappa shape index (κ2) is 10.9. The Kier molecular flexibility index (Phi) is 7.38. The van der Waals surface area contributed by atoms with Gasteiger partial charge in [0.25, 0.3) is 5.91 Å². The maximum Gasteiger partial charge on any atom is 0.341 e. The first-order valence-electron chi connectivity index (χ1n) is 13.1. The summed E-state index contributed by atoms with van der Waals surface area (Å²) in [6.45, 7) is 6.69. The number of nitrogens with zero attached hydrogens (tertiary/aromatic N) is 1. The minimum absolute atomic E-state index is 0.249. The molecule has 0 spiro atoms. The Morgan fingerprint density at radius 1 is 1.11 bits per heavy atom. The largest absolute Gasteiger partial charge is 0.462 e. The van der Waals surface area contributed by atoms with Crippen LogP contribution in [0.1, 0.15) is 70.3 Å². The lowest BCUT2D eigenvalue weighted by atomic mass is 9.88. The van der Waals surface area contributed by atoms with E-state index in [9.17, 15) is 9.59 Å². The van der Waals surface area contributed by atoms with Gasteiger partial charge in [0.05, 0.1) is 28.9 Å². The third-order valence-electron chi connectivity index (χ3n) is 7.00. The molecule has 2 aromatic heterocycles. The number of hydrogen-bond acceptors (Lipinski definition) is 5. The minimum atomic E-state index is -0.347. The minimum Gasteiger partial charge on any atom is -0.462 e. The van der Waals surface area contributed by atoms with Crippen LogP contribution < -0.4 is 5.32 Å². The van der Waals surface area contributed by atoms with E-state index in [4.69, 9.17) is 9.72 Å². The standard InChI is InChI=1S/C31H32N2O3S/c1-4-16-36-31(35)28-23-15-10-19(3)17-27(23)37-30(28)33-29(34)24-18-26(21-13-11-20(5-2)12-14-21)32-25-9-7-6-8-22(24)25/h6-9,11-14,18-19H,4-5,10,15-17H2,1-3H3,(H,33,34). The summed E-state index contributed by atoms with van der Waals surface area (Å²) < 4.78 is 5.53. The molecule has 1 atom stereocenters. The second-order valence-corrected chi connectivity index (χ2v) is 10.9. The first-order chi connectivity index (χ1) is 18.0. The summed E-state index contributed by atoms with van der Waals surface area (Å²) in [5.74, 6) is -0.0401. The van der Waals surface area contributed by atoms with Crippen molar-refractivity contribution in [2.45, 2.75) is 52.9 Å². The smallest absolute Gasteiger partial charge is 0.341 e. The molecule has 1 unspecified atom stereocenters. The SMILES string of the molecule is CCCOC(=O)c1c(NC(=O)c2cc(-c3ccc(CC)cc3)nc3ccccc23)sc2c1CCC(C)C2. The highest BCUT2D eigenvalue weighted by molar-refractivity contribution is 7.17. The number of esters is 1. The summed E-state index contributed by atoms with van der Waals surface area (Å²) in [5, 5.41) is 4.46. The van der Waals surface area contributed by atoms with Crippen molar-refractivity contribution in [1.82, 2.24) is 4.98 Å². The van der Waals surface area contributed by atoms with Crippen LogP contribution in [0.15, 0.2) is 54.6 Å². The molecule has 0 aliphatic heterocycles. The van der Waals surface area contributed by atoms with Crippen LogP contribution in [-0.2, 0) is 24.0 Å². The van der Waals surface area contributed by atoms with Crippen LogP contribution in [-0.4, -0.2) is 23.5 Å². The van der Waals surface area contributed by atoms with E-state index in [-0.39, 0.29) is 11.9 Å². The Morgan fingerprint density at radius 2 is 1.89 bits per heavy atom. The quantitative estimate of drug-likeness (QED) is 0.261. The van der Waals surface area contributed by atoms with Gasteiger partial charge in [0, 0.05) is 15.8 Å². The van der Waals surface area contributed by atoms with Crippen LogP contribution in [0.2, 0.25) is 0 Å². The average molecular weight is 513 g/mol. The first-order valence-corrected chi connectivity index (χ1v) is 13.9. The Morgan fingerprint density at radius 3 is 2.65 bits per heavy atom. The van der Waals surface area contributed by atoms with Crippen LogP contribution in [0.4, 0.5) is 5.00 Å². The Bertz CT molecular complexity index is 1460. The van der Waals surface area contributed by atoms with Crippen molar-refractivity contribution in [3.05, 3.63) is 81.7 Å². The number of fused-ring (bicyclic) bond motifs is 2. The molecule has 1 aliphatic carbocycles. The number of pyridine rings is 1. The number of para-hydroxylation sites is 1. The van der Waals surface area contributed by atoms with Crippen molar-refractivity contribution < 1.29 is 14.3 Å². The number of anilines is 1. The fraction of sp³-hybridized carbons (Fsp3) is 0.323. The molecule has 4 aromatic rings. The molecule has 5 nitrogen and oxygen atoms in total. The molecule has 37 heavy (non-hydrogen) atoms. The molecule has 0 saturated carbocycles. The van der Waals surface area contributed by atoms with Crippen LogP contribution in [0.5, 0.6) is 0 Å². The normalized spacial score (nSPS) is 14.8. The molecule has 2 heterocycles. The number of hydrogen-bond donors (Lipinski definition) is 1. The molecule has 2 aromatic carbocycles. The maximum atomic E-state index is 13.8. The molecule has 0 saturated heterocycles. The number of carbonyl (C=O) groups excluding carboxylic acids is 2. The molecule has 0 bridgehead atoms. The van der Waals surface area contributed by atoms with Gasteiger partial charge in [0.2, 0.25) is 0 Å². The van der Waals surface area contributed by atoms with Crippen LogP contribution in [0, 0.1) is 5.92 Å². The lowest BCUT2D eigenvalue weighted by Crippen LogP contribution is -2.17. The number of carbonyl (C=O) groups is 2. The number of ether oxygens (including phenoxy) is 1.